The summed E-state index contributed by atoms with van der Waals surface area (Å²) >= 11 is 0. The Morgan fingerprint density at radius 1 is 1.15 bits per heavy atom. The topological polar surface area (TPSA) is 150 Å². The van der Waals surface area contributed by atoms with E-state index in [2.05, 4.69) is 4.74 Å². The Labute approximate surface area is 153 Å². The van der Waals surface area contributed by atoms with Crippen LogP contribution in [0.3, 0.4) is 0 Å². The highest BCUT2D eigenvalue weighted by Crippen LogP contribution is 2.19. The minimum Gasteiger partial charge on any atom is -0.481 e. The number of hydrogen-bond donors (Lipinski definition) is 3. The molecular weight excluding hydrogens is 360 g/mol. The van der Waals surface area contributed by atoms with Crippen molar-refractivity contribution in [3.8, 4) is 0 Å². The van der Waals surface area contributed by atoms with Crippen LogP contribution < -0.4 is 5.32 Å². The molecule has 1 aromatic carbocycles. The van der Waals surface area contributed by atoms with E-state index in [0.717, 1.165) is 4.90 Å². The summed E-state index contributed by atoms with van der Waals surface area (Å²) in [5.41, 5.74) is 0.0965. The molecule has 0 unspecified atom stereocenters. The zero-order valence-corrected chi connectivity index (χ0v) is 14.2. The Morgan fingerprint density at radius 3 is 2.41 bits per heavy atom. The molecule has 27 heavy (non-hydrogen) atoms. The molecule has 3 N–H and O–H groups in total. The van der Waals surface area contributed by atoms with Crippen molar-refractivity contribution in [1.29, 1.82) is 0 Å². The quantitative estimate of drug-likeness (QED) is 0.477. The van der Waals surface area contributed by atoms with Crippen LogP contribution in [0.5, 0.6) is 0 Å². The van der Waals surface area contributed by atoms with Crippen molar-refractivity contribution in [1.82, 2.24) is 10.2 Å². The van der Waals surface area contributed by atoms with E-state index in [1.54, 1.807) is 18.2 Å². The predicted octanol–water partition coefficient (Wildman–Crippen LogP) is 0.472. The van der Waals surface area contributed by atoms with Gasteiger partial charge in [0.05, 0.1) is 12.0 Å². The smallest absolute Gasteiger partial charge is 0.415 e. The first-order chi connectivity index (χ1) is 12.8. The average molecular weight is 378 g/mol. The molecule has 10 heteroatoms. The fourth-order valence-electron chi connectivity index (χ4n) is 2.75. The van der Waals surface area contributed by atoms with Crippen LogP contribution >= 0.6 is 0 Å². The van der Waals surface area contributed by atoms with Gasteiger partial charge >= 0.3 is 24.0 Å². The van der Waals surface area contributed by atoms with Crippen molar-refractivity contribution in [3.63, 3.8) is 0 Å². The third-order valence-electron chi connectivity index (χ3n) is 3.98. The highest BCUT2D eigenvalue weighted by Gasteiger charge is 2.38. The number of esters is 1. The Balaban J connectivity index is 2.06. The van der Waals surface area contributed by atoms with Gasteiger partial charge in [0.15, 0.2) is 0 Å². The summed E-state index contributed by atoms with van der Waals surface area (Å²) in [4.78, 5) is 59.6. The first-order valence-corrected chi connectivity index (χ1v) is 8.12. The van der Waals surface area contributed by atoms with Crippen LogP contribution in [-0.4, -0.2) is 63.6 Å². The van der Waals surface area contributed by atoms with E-state index in [1.807, 2.05) is 5.32 Å². The lowest BCUT2D eigenvalue weighted by molar-refractivity contribution is -0.150. The maximum atomic E-state index is 12.5. The van der Waals surface area contributed by atoms with Gasteiger partial charge in [-0.25, -0.2) is 14.4 Å². The van der Waals surface area contributed by atoms with Crippen LogP contribution in [0.25, 0.3) is 0 Å². The highest BCUT2D eigenvalue weighted by molar-refractivity contribution is 5.98. The summed E-state index contributed by atoms with van der Waals surface area (Å²) in [6, 6.07) is 4.97. The van der Waals surface area contributed by atoms with Gasteiger partial charge in [-0.1, -0.05) is 18.2 Å². The van der Waals surface area contributed by atoms with Crippen molar-refractivity contribution in [2.24, 2.45) is 0 Å². The first kappa shape index (κ1) is 19.9. The molecule has 0 spiro atoms. The molecule has 1 aromatic rings. The largest absolute Gasteiger partial charge is 0.481 e. The van der Waals surface area contributed by atoms with Crippen LogP contribution in [0.15, 0.2) is 30.3 Å². The van der Waals surface area contributed by atoms with E-state index in [4.69, 9.17) is 10.2 Å². The van der Waals surface area contributed by atoms with Crippen LogP contribution in [0.4, 0.5) is 4.79 Å². The number of carbonyl (C=O) groups is 5. The zero-order chi connectivity index (χ0) is 20.0. The van der Waals surface area contributed by atoms with Crippen molar-refractivity contribution < 1.29 is 38.9 Å². The molecule has 0 aromatic heterocycles. The number of alkyl carbamates (subject to hydrolysis) is 1. The van der Waals surface area contributed by atoms with Gasteiger partial charge in [-0.3, -0.25) is 9.59 Å². The van der Waals surface area contributed by atoms with E-state index in [9.17, 15) is 24.0 Å². The fraction of sp³-hybridized carbons (Fsp3) is 0.353. The minimum absolute atomic E-state index is 0.0965. The van der Waals surface area contributed by atoms with Crippen molar-refractivity contribution >= 4 is 29.9 Å². The van der Waals surface area contributed by atoms with Crippen molar-refractivity contribution in [3.05, 3.63) is 35.9 Å². The molecule has 0 bridgehead atoms. The Hall–Kier alpha value is -3.43. The normalized spacial score (nSPS) is 17.0. The number of rotatable bonds is 6. The standard InChI is InChI=1S/C17H18N2O8/c20-13(21)9-11(14(22)19-8-4-7-12(19)15(23)24)18-17(26)27-16(25)10-5-2-1-3-6-10/h1-3,5-6,11-12H,4,7-9H2,(H,18,26)(H,20,21)(H,23,24)/t11-,12-/m0/s1. The van der Waals surface area contributed by atoms with Crippen LogP contribution in [-0.2, 0) is 19.1 Å². The summed E-state index contributed by atoms with van der Waals surface area (Å²) in [5, 5.41) is 20.2. The van der Waals surface area contributed by atoms with Crippen LogP contribution in [0.2, 0.25) is 0 Å². The third kappa shape index (κ3) is 5.27. The number of amides is 2. The molecule has 2 amide bonds. The van der Waals surface area contributed by atoms with Crippen molar-refractivity contribution in [2.45, 2.75) is 31.3 Å². The number of nitrogens with one attached hydrogen (secondary N) is 1. The number of carbonyl (C=O) groups excluding carboxylic acids is 3. The second-order valence-electron chi connectivity index (χ2n) is 5.87. The molecule has 0 aliphatic carbocycles. The second kappa shape index (κ2) is 8.79. The number of likely N-dealkylation sites (tertiary alicyclic amines) is 1. The number of carboxylic acids is 2. The maximum Gasteiger partial charge on any atom is 0.415 e. The number of benzene rings is 1. The van der Waals surface area contributed by atoms with Gasteiger partial charge in [-0.2, -0.15) is 0 Å². The molecule has 2 atom stereocenters. The van der Waals surface area contributed by atoms with Gasteiger partial charge in [0.2, 0.25) is 5.91 Å². The predicted molar refractivity (Wildman–Crippen MR) is 88.8 cm³/mol. The van der Waals surface area contributed by atoms with Gasteiger partial charge in [-0.05, 0) is 25.0 Å². The second-order valence-corrected chi connectivity index (χ2v) is 5.87. The summed E-state index contributed by atoms with van der Waals surface area (Å²) < 4.78 is 4.57. The molecule has 1 fully saturated rings. The lowest BCUT2D eigenvalue weighted by Crippen LogP contribution is -2.52. The molecule has 0 saturated carbocycles. The van der Waals surface area contributed by atoms with Gasteiger partial charge < -0.3 is 25.2 Å². The van der Waals surface area contributed by atoms with Gasteiger partial charge in [0, 0.05) is 6.54 Å². The van der Waals surface area contributed by atoms with E-state index in [-0.39, 0.29) is 18.5 Å². The maximum absolute atomic E-state index is 12.5. The van der Waals surface area contributed by atoms with Gasteiger partial charge in [0.1, 0.15) is 12.1 Å². The van der Waals surface area contributed by atoms with Gasteiger partial charge in [-0.15, -0.1) is 0 Å². The molecule has 1 aliphatic rings. The minimum atomic E-state index is -1.56. The van der Waals surface area contributed by atoms with E-state index < -0.39 is 48.4 Å². The third-order valence-corrected chi connectivity index (χ3v) is 3.98. The van der Waals surface area contributed by atoms with Gasteiger partial charge in [0.25, 0.3) is 0 Å². The van der Waals surface area contributed by atoms with E-state index in [0.29, 0.717) is 6.42 Å². The monoisotopic (exact) mass is 378 g/mol. The molecule has 2 rings (SSSR count). The Morgan fingerprint density at radius 2 is 1.81 bits per heavy atom. The average Bonchev–Trinajstić information content (AvgIpc) is 3.10. The number of carboxylic acid groups (broad SMARTS) is 2. The van der Waals surface area contributed by atoms with Crippen LogP contribution in [0.1, 0.15) is 29.6 Å². The number of nitrogens with zero attached hydrogens (tertiary/aromatic N) is 1. The van der Waals surface area contributed by atoms with E-state index in [1.165, 1.54) is 12.1 Å². The van der Waals surface area contributed by atoms with Crippen molar-refractivity contribution in [2.75, 3.05) is 6.54 Å². The molecule has 0 radical (unpaired) electrons. The SMILES string of the molecule is O=C(O)C[C@H](NC(=O)OC(=O)c1ccccc1)C(=O)N1CCC[C@H]1C(=O)O. The number of hydrogen-bond acceptors (Lipinski definition) is 6. The number of aliphatic carboxylic acids is 2. The summed E-state index contributed by atoms with van der Waals surface area (Å²) in [6.45, 7) is 0.131. The lowest BCUT2D eigenvalue weighted by atomic mass is 10.1. The molecule has 10 nitrogen and oxygen atoms in total. The Bertz CT molecular complexity index is 749. The highest BCUT2D eigenvalue weighted by atomic mass is 16.6. The molecular formula is C17H18N2O8. The number of ether oxygens (including phenoxy) is 1. The Kier molecular flexibility index (Phi) is 6.47. The summed E-state index contributed by atoms with van der Waals surface area (Å²) in [6.07, 6.45) is -1.40. The molecule has 1 heterocycles. The molecule has 1 aliphatic heterocycles. The first-order valence-electron chi connectivity index (χ1n) is 8.12. The fourth-order valence-corrected chi connectivity index (χ4v) is 2.75. The van der Waals surface area contributed by atoms with Crippen LogP contribution in [0, 0.1) is 0 Å². The summed E-state index contributed by atoms with van der Waals surface area (Å²) in [7, 11) is 0. The summed E-state index contributed by atoms with van der Waals surface area (Å²) in [5.74, 6) is -4.42. The molecule has 144 valence electrons. The zero-order valence-electron chi connectivity index (χ0n) is 14.2. The molecule has 1 saturated heterocycles. The lowest BCUT2D eigenvalue weighted by Gasteiger charge is -2.26. The van der Waals surface area contributed by atoms with E-state index >= 15 is 0 Å².